The maximum Gasteiger partial charge on any atom is 0.284 e. The summed E-state index contributed by atoms with van der Waals surface area (Å²) in [4.78, 5) is 24.9. The first kappa shape index (κ1) is 23.4. The van der Waals surface area contributed by atoms with E-state index in [2.05, 4.69) is 0 Å². The molecule has 0 aliphatic rings. The Labute approximate surface area is 174 Å². The minimum atomic E-state index is -0.943. The van der Waals surface area contributed by atoms with Crippen LogP contribution in [0.15, 0.2) is 48.5 Å². The van der Waals surface area contributed by atoms with Gasteiger partial charge in [-0.25, -0.2) is 4.39 Å². The smallest absolute Gasteiger partial charge is 0.284 e. The largest absolute Gasteiger partial charge is 0.294 e. The Morgan fingerprint density at radius 3 is 1.96 bits per heavy atom. The van der Waals surface area contributed by atoms with E-state index in [9.17, 15) is 14.0 Å². The van der Waals surface area contributed by atoms with E-state index in [1.807, 2.05) is 19.1 Å². The lowest BCUT2D eigenvalue weighted by Gasteiger charge is -2.35. The molecule has 0 saturated carbocycles. The lowest BCUT2D eigenvalue weighted by molar-refractivity contribution is 0.0374. The zero-order valence-corrected chi connectivity index (χ0v) is 17.4. The topological polar surface area (TPSA) is 40.6 Å². The van der Waals surface area contributed by atoms with Crippen molar-refractivity contribution in [3.05, 3.63) is 71.0 Å². The minimum absolute atomic E-state index is 0. The van der Waals surface area contributed by atoms with Gasteiger partial charge in [0.05, 0.1) is 5.54 Å². The first-order valence-electron chi connectivity index (χ1n) is 7.93. The SMILES string of the molecule is Cc1ccc(C(=O)CC(C)(C)N(Cl)N(Cl)C(=O)c2ccc(F)cc2)cc1.Cl. The second-order valence-corrected chi connectivity index (χ2v) is 7.25. The lowest BCUT2D eigenvalue weighted by atomic mass is 9.94. The molecular weight excluding hydrogens is 414 g/mol. The van der Waals surface area contributed by atoms with Gasteiger partial charge < -0.3 is 0 Å². The molecule has 2 aromatic carbocycles. The molecule has 0 bridgehead atoms. The van der Waals surface area contributed by atoms with Gasteiger partial charge in [-0.1, -0.05) is 29.8 Å². The molecule has 8 heteroatoms. The molecule has 0 radical (unpaired) electrons. The van der Waals surface area contributed by atoms with E-state index in [0.717, 1.165) is 22.2 Å². The van der Waals surface area contributed by atoms with Gasteiger partial charge in [-0.2, -0.15) is 4.53 Å². The standard InChI is InChI=1S/C19H19Cl2FN2O2.ClH/c1-13-4-6-14(7-5-13)17(25)12-19(2,3)24(21)23(20)18(26)15-8-10-16(22)11-9-15;/h4-11H,12H2,1-3H3;1H. The molecule has 0 spiro atoms. The quantitative estimate of drug-likeness (QED) is 0.339. The number of aryl methyl sites for hydroxylation is 1. The van der Waals surface area contributed by atoms with Crippen LogP contribution in [0.5, 0.6) is 0 Å². The van der Waals surface area contributed by atoms with E-state index >= 15 is 0 Å². The predicted octanol–water partition coefficient (Wildman–Crippen LogP) is 5.57. The molecule has 0 aromatic heterocycles. The van der Waals surface area contributed by atoms with Gasteiger partial charge in [-0.15, -0.1) is 16.9 Å². The third-order valence-corrected chi connectivity index (χ3v) is 4.87. The van der Waals surface area contributed by atoms with Crippen molar-refractivity contribution in [1.29, 1.82) is 0 Å². The number of hydrogen-bond donors (Lipinski definition) is 0. The van der Waals surface area contributed by atoms with E-state index in [0.29, 0.717) is 10.1 Å². The molecule has 27 heavy (non-hydrogen) atoms. The van der Waals surface area contributed by atoms with Gasteiger partial charge in [-0.3, -0.25) is 9.59 Å². The molecule has 0 N–H and O–H groups in total. The highest BCUT2D eigenvalue weighted by Gasteiger charge is 2.35. The Bertz CT molecular complexity index is 796. The third kappa shape index (κ3) is 5.91. The lowest BCUT2D eigenvalue weighted by Crippen LogP contribution is -2.48. The van der Waals surface area contributed by atoms with Crippen LogP contribution in [0.25, 0.3) is 0 Å². The van der Waals surface area contributed by atoms with Crippen LogP contribution in [0.2, 0.25) is 0 Å². The normalized spacial score (nSPS) is 11.1. The van der Waals surface area contributed by atoms with Gasteiger partial charge in [0, 0.05) is 41.1 Å². The number of amides is 1. The number of hydrazine groups is 1. The highest BCUT2D eigenvalue weighted by molar-refractivity contribution is 6.27. The second kappa shape index (κ2) is 9.51. The minimum Gasteiger partial charge on any atom is -0.294 e. The van der Waals surface area contributed by atoms with Gasteiger partial charge in [0.2, 0.25) is 0 Å². The summed E-state index contributed by atoms with van der Waals surface area (Å²) in [6, 6.07) is 12.1. The summed E-state index contributed by atoms with van der Waals surface area (Å²) < 4.78 is 14.7. The Hall–Kier alpha value is -1.66. The Balaban J connectivity index is 0.00000364. The van der Waals surface area contributed by atoms with Crippen molar-refractivity contribution in [2.75, 3.05) is 0 Å². The van der Waals surface area contributed by atoms with Gasteiger partial charge in [0.1, 0.15) is 5.82 Å². The predicted molar refractivity (Wildman–Crippen MR) is 108 cm³/mol. The Morgan fingerprint density at radius 2 is 1.44 bits per heavy atom. The van der Waals surface area contributed by atoms with Crippen molar-refractivity contribution in [1.82, 2.24) is 9.06 Å². The monoisotopic (exact) mass is 432 g/mol. The maximum absolute atomic E-state index is 13.0. The van der Waals surface area contributed by atoms with Crippen molar-refractivity contribution in [2.24, 2.45) is 0 Å². The molecule has 146 valence electrons. The summed E-state index contributed by atoms with van der Waals surface area (Å²) >= 11 is 12.3. The summed E-state index contributed by atoms with van der Waals surface area (Å²) in [5, 5.41) is 0. The van der Waals surface area contributed by atoms with Crippen LogP contribution in [0, 0.1) is 12.7 Å². The second-order valence-electron chi connectivity index (χ2n) is 6.61. The van der Waals surface area contributed by atoms with Crippen molar-refractivity contribution >= 4 is 47.7 Å². The highest BCUT2D eigenvalue weighted by Crippen LogP contribution is 2.28. The van der Waals surface area contributed by atoms with E-state index in [1.54, 1.807) is 26.0 Å². The molecule has 0 fully saturated rings. The third-order valence-electron chi connectivity index (χ3n) is 3.88. The number of carbonyl (C=O) groups excluding carboxylic acids is 2. The van der Waals surface area contributed by atoms with Crippen LogP contribution in [0.1, 0.15) is 46.5 Å². The molecule has 4 nitrogen and oxygen atoms in total. The average Bonchev–Trinajstić information content (AvgIpc) is 2.60. The summed E-state index contributed by atoms with van der Waals surface area (Å²) in [5.74, 6) is -1.22. The van der Waals surface area contributed by atoms with Crippen LogP contribution >= 0.6 is 36.0 Å². The summed E-state index contributed by atoms with van der Waals surface area (Å²) in [7, 11) is 0. The first-order chi connectivity index (χ1) is 12.1. The van der Waals surface area contributed by atoms with E-state index in [4.69, 9.17) is 23.6 Å². The van der Waals surface area contributed by atoms with Gasteiger partial charge >= 0.3 is 0 Å². The zero-order chi connectivity index (χ0) is 19.5. The number of carbonyl (C=O) groups is 2. The number of benzene rings is 2. The van der Waals surface area contributed by atoms with Crippen LogP contribution in [0.4, 0.5) is 4.39 Å². The maximum atomic E-state index is 13.0. The van der Waals surface area contributed by atoms with Crippen LogP contribution in [0.3, 0.4) is 0 Å². The van der Waals surface area contributed by atoms with Crippen molar-refractivity contribution in [3.63, 3.8) is 0 Å². The molecule has 2 rings (SSSR count). The van der Waals surface area contributed by atoms with Gasteiger partial charge in [0.25, 0.3) is 5.91 Å². The number of hydrogen-bond acceptors (Lipinski definition) is 3. The highest BCUT2D eigenvalue weighted by atomic mass is 35.5. The fraction of sp³-hybridized carbons (Fsp3) is 0.263. The number of rotatable bonds is 6. The number of ketones is 1. The molecular formula is C19H20Cl3FN2O2. The number of nitrogens with zero attached hydrogens (tertiary/aromatic N) is 2. The summed E-state index contributed by atoms with van der Waals surface area (Å²) in [6.07, 6.45) is 0.0411. The van der Waals surface area contributed by atoms with Crippen molar-refractivity contribution in [2.45, 2.75) is 32.7 Å². The molecule has 2 aromatic rings. The molecule has 0 aliphatic carbocycles. The fourth-order valence-corrected chi connectivity index (χ4v) is 2.75. The average molecular weight is 434 g/mol. The van der Waals surface area contributed by atoms with E-state index < -0.39 is 17.3 Å². The number of Topliss-reactive ketones (excluding diaryl/α,β-unsaturated/α-hetero) is 1. The summed E-state index contributed by atoms with van der Waals surface area (Å²) in [5.41, 5.74) is 0.838. The Kier molecular flexibility index (Phi) is 8.23. The number of halogens is 4. The van der Waals surface area contributed by atoms with Crippen LogP contribution in [-0.4, -0.2) is 26.3 Å². The van der Waals surface area contributed by atoms with Gasteiger partial charge in [-0.05, 0) is 45.0 Å². The van der Waals surface area contributed by atoms with Crippen LogP contribution < -0.4 is 0 Å². The molecule has 0 heterocycles. The van der Waals surface area contributed by atoms with Crippen molar-refractivity contribution < 1.29 is 14.0 Å². The molecule has 0 aliphatic heterocycles. The van der Waals surface area contributed by atoms with Crippen LogP contribution in [-0.2, 0) is 0 Å². The molecule has 0 unspecified atom stereocenters. The summed E-state index contributed by atoms with van der Waals surface area (Å²) in [6.45, 7) is 5.32. The van der Waals surface area contributed by atoms with Crippen molar-refractivity contribution in [3.8, 4) is 0 Å². The molecule has 0 atom stereocenters. The molecule has 1 amide bonds. The van der Waals surface area contributed by atoms with E-state index in [-0.39, 0.29) is 30.2 Å². The van der Waals surface area contributed by atoms with Gasteiger partial charge in [0.15, 0.2) is 5.78 Å². The van der Waals surface area contributed by atoms with E-state index in [1.165, 1.54) is 12.1 Å². The molecule has 0 saturated heterocycles. The fourth-order valence-electron chi connectivity index (χ4n) is 2.32. The Morgan fingerprint density at radius 1 is 0.963 bits per heavy atom. The zero-order valence-electron chi connectivity index (χ0n) is 15.1. The first-order valence-corrected chi connectivity index (χ1v) is 8.61.